The summed E-state index contributed by atoms with van der Waals surface area (Å²) in [6.07, 6.45) is 1.84. The highest BCUT2D eigenvalue weighted by molar-refractivity contribution is 6.78. The number of nitrogens with one attached hydrogen (secondary N) is 1. The minimum atomic E-state index is -2.10. The quantitative estimate of drug-likeness (QED) is 0.380. The molecule has 0 unspecified atom stereocenters. The molecule has 2 aromatic rings. The van der Waals surface area contributed by atoms with E-state index in [4.69, 9.17) is 18.6 Å². The molecule has 0 aromatic heterocycles. The van der Waals surface area contributed by atoms with Crippen LogP contribution in [0.2, 0.25) is 16.6 Å². The first-order valence-corrected chi connectivity index (χ1v) is 14.7. The maximum Gasteiger partial charge on any atom is 0.258 e. The first kappa shape index (κ1) is 26.4. The van der Waals surface area contributed by atoms with Gasteiger partial charge in [0.1, 0.15) is 5.75 Å². The Bertz CT molecular complexity index is 951. The number of rotatable bonds is 10. The molecule has 5 nitrogen and oxygen atoms in total. The second-order valence-corrected chi connectivity index (χ2v) is 15.6. The molecule has 0 spiro atoms. The normalized spacial score (nSPS) is 16.1. The molecule has 0 fully saturated rings. The minimum Gasteiger partial charge on any atom is -0.540 e. The van der Waals surface area contributed by atoms with Crippen LogP contribution in [0.25, 0.3) is 0 Å². The molecule has 34 heavy (non-hydrogen) atoms. The van der Waals surface area contributed by atoms with Crippen LogP contribution in [0.15, 0.2) is 30.3 Å². The number of hydrogen-bond donors (Lipinski definition) is 1. The van der Waals surface area contributed by atoms with Crippen molar-refractivity contribution in [1.82, 2.24) is 5.32 Å². The fourth-order valence-corrected chi connectivity index (χ4v) is 11.1. The lowest BCUT2D eigenvalue weighted by atomic mass is 9.89. The molecular formula is C28H43NO4Si. The van der Waals surface area contributed by atoms with E-state index < -0.39 is 8.32 Å². The van der Waals surface area contributed by atoms with E-state index in [0.29, 0.717) is 16.6 Å². The van der Waals surface area contributed by atoms with E-state index in [1.54, 1.807) is 21.3 Å². The van der Waals surface area contributed by atoms with Crippen molar-refractivity contribution >= 4 is 8.32 Å². The molecule has 1 aliphatic heterocycles. The Balaban J connectivity index is 1.96. The highest BCUT2D eigenvalue weighted by Crippen LogP contribution is 2.45. The largest absolute Gasteiger partial charge is 0.540 e. The molecule has 0 aliphatic carbocycles. The lowest BCUT2D eigenvalue weighted by Crippen LogP contribution is -2.50. The maximum atomic E-state index is 7.03. The van der Waals surface area contributed by atoms with Crippen LogP contribution in [-0.4, -0.2) is 36.2 Å². The topological polar surface area (TPSA) is 49.0 Å². The first-order valence-electron chi connectivity index (χ1n) is 12.5. The smallest absolute Gasteiger partial charge is 0.258 e. The van der Waals surface area contributed by atoms with Gasteiger partial charge in [-0.2, -0.15) is 0 Å². The number of benzene rings is 2. The Morgan fingerprint density at radius 3 is 1.94 bits per heavy atom. The van der Waals surface area contributed by atoms with Crippen molar-refractivity contribution in [1.29, 1.82) is 0 Å². The average Bonchev–Trinajstić information content (AvgIpc) is 2.81. The number of ether oxygens (including phenoxy) is 3. The molecule has 0 amide bonds. The molecule has 1 atom stereocenters. The third-order valence-electron chi connectivity index (χ3n) is 7.47. The van der Waals surface area contributed by atoms with Crippen molar-refractivity contribution in [3.8, 4) is 23.0 Å². The van der Waals surface area contributed by atoms with Crippen molar-refractivity contribution in [2.24, 2.45) is 0 Å². The van der Waals surface area contributed by atoms with Crippen LogP contribution in [0.4, 0.5) is 0 Å². The zero-order valence-corrected chi connectivity index (χ0v) is 23.5. The van der Waals surface area contributed by atoms with E-state index >= 15 is 0 Å². The molecule has 2 aromatic carbocycles. The second kappa shape index (κ2) is 11.0. The van der Waals surface area contributed by atoms with Gasteiger partial charge in [-0.3, -0.25) is 0 Å². The minimum absolute atomic E-state index is 0.201. The van der Waals surface area contributed by atoms with E-state index in [9.17, 15) is 0 Å². The van der Waals surface area contributed by atoms with Crippen molar-refractivity contribution in [3.05, 3.63) is 47.0 Å². The van der Waals surface area contributed by atoms with E-state index in [1.807, 2.05) is 0 Å². The summed E-state index contributed by atoms with van der Waals surface area (Å²) in [5, 5.41) is 3.70. The summed E-state index contributed by atoms with van der Waals surface area (Å²) in [7, 11) is 3.01. The Kier molecular flexibility index (Phi) is 8.58. The van der Waals surface area contributed by atoms with Gasteiger partial charge in [0, 0.05) is 6.04 Å². The molecule has 188 valence electrons. The molecule has 1 N–H and O–H groups in total. The lowest BCUT2D eigenvalue weighted by molar-refractivity contribution is 0.352. The van der Waals surface area contributed by atoms with Gasteiger partial charge in [0.25, 0.3) is 8.32 Å². The van der Waals surface area contributed by atoms with Crippen LogP contribution in [-0.2, 0) is 12.8 Å². The molecule has 1 aliphatic rings. The highest BCUT2D eigenvalue weighted by atomic mass is 28.4. The SMILES string of the molecule is COc1cc2c(cc1OC)[C@H](Cc1ccc(OC)c(O[Si](C(C)C)(C(C)C)C(C)C)c1)NCC2. The first-order chi connectivity index (χ1) is 16.2. The fraction of sp³-hybridized carbons (Fsp3) is 0.571. The van der Waals surface area contributed by atoms with Gasteiger partial charge >= 0.3 is 0 Å². The summed E-state index contributed by atoms with van der Waals surface area (Å²) in [6.45, 7) is 14.8. The second-order valence-electron chi connectivity index (χ2n) is 10.3. The molecule has 0 saturated heterocycles. The molecule has 0 radical (unpaired) electrons. The van der Waals surface area contributed by atoms with Gasteiger partial charge in [0.15, 0.2) is 17.2 Å². The molecule has 3 rings (SSSR count). The summed E-state index contributed by atoms with van der Waals surface area (Å²) >= 11 is 0. The van der Waals surface area contributed by atoms with Crippen molar-refractivity contribution in [3.63, 3.8) is 0 Å². The summed E-state index contributed by atoms with van der Waals surface area (Å²) in [5.74, 6) is 3.26. The van der Waals surface area contributed by atoms with Gasteiger partial charge < -0.3 is 24.0 Å². The summed E-state index contributed by atoms with van der Waals surface area (Å²) in [5.41, 5.74) is 5.31. The van der Waals surface area contributed by atoms with Crippen LogP contribution in [0.5, 0.6) is 23.0 Å². The number of hydrogen-bond acceptors (Lipinski definition) is 5. The summed E-state index contributed by atoms with van der Waals surface area (Å²) in [4.78, 5) is 0. The summed E-state index contributed by atoms with van der Waals surface area (Å²) < 4.78 is 23.9. The van der Waals surface area contributed by atoms with Gasteiger partial charge in [-0.25, -0.2) is 0 Å². The van der Waals surface area contributed by atoms with E-state index in [1.165, 1.54) is 16.7 Å². The van der Waals surface area contributed by atoms with E-state index in [-0.39, 0.29) is 6.04 Å². The van der Waals surface area contributed by atoms with Crippen LogP contribution in [0.1, 0.15) is 64.3 Å². The predicted molar refractivity (Wildman–Crippen MR) is 142 cm³/mol. The third kappa shape index (κ3) is 5.08. The van der Waals surface area contributed by atoms with Crippen molar-refractivity contribution in [2.45, 2.75) is 77.0 Å². The monoisotopic (exact) mass is 485 g/mol. The van der Waals surface area contributed by atoms with Crippen LogP contribution >= 0.6 is 0 Å². The molecule has 0 saturated carbocycles. The average molecular weight is 486 g/mol. The van der Waals surface area contributed by atoms with Crippen LogP contribution in [0.3, 0.4) is 0 Å². The molecule has 0 bridgehead atoms. The van der Waals surface area contributed by atoms with Gasteiger partial charge in [0.2, 0.25) is 0 Å². The van der Waals surface area contributed by atoms with Gasteiger partial charge in [-0.05, 0) is 77.0 Å². The number of fused-ring (bicyclic) bond motifs is 1. The van der Waals surface area contributed by atoms with Crippen LogP contribution in [0, 0.1) is 0 Å². The van der Waals surface area contributed by atoms with Crippen molar-refractivity contribution in [2.75, 3.05) is 27.9 Å². The Morgan fingerprint density at radius 1 is 0.794 bits per heavy atom. The van der Waals surface area contributed by atoms with Gasteiger partial charge in [0.05, 0.1) is 21.3 Å². The van der Waals surface area contributed by atoms with Crippen LogP contribution < -0.4 is 24.0 Å². The van der Waals surface area contributed by atoms with E-state index in [2.05, 4.69) is 77.2 Å². The Morgan fingerprint density at radius 2 is 1.38 bits per heavy atom. The number of methoxy groups -OCH3 is 3. The lowest BCUT2D eigenvalue weighted by Gasteiger charge is -2.42. The molecule has 6 heteroatoms. The van der Waals surface area contributed by atoms with Crippen molar-refractivity contribution < 1.29 is 18.6 Å². The zero-order chi connectivity index (χ0) is 25.0. The molecule has 1 heterocycles. The molecular weight excluding hydrogens is 442 g/mol. The highest BCUT2D eigenvalue weighted by Gasteiger charge is 2.47. The maximum absolute atomic E-state index is 7.03. The predicted octanol–water partition coefficient (Wildman–Crippen LogP) is 6.70. The van der Waals surface area contributed by atoms with E-state index in [0.717, 1.165) is 42.4 Å². The third-order valence-corrected chi connectivity index (χ3v) is 13.5. The fourth-order valence-electron chi connectivity index (χ4n) is 5.86. The van der Waals surface area contributed by atoms with Gasteiger partial charge in [-0.1, -0.05) is 47.6 Å². The Hall–Kier alpha value is -2.18. The standard InChI is InChI=1S/C28H43NO4Si/c1-18(2)34(19(3)4,20(5)6)33-28-15-21(10-11-25(28)30-7)14-24-23-17-27(32-9)26(31-8)16-22(23)12-13-29-24/h10-11,15-20,24,29H,12-14H2,1-9H3/t24-/m0/s1. The summed E-state index contributed by atoms with van der Waals surface area (Å²) in [6, 6.07) is 10.9. The Labute approximate surface area is 207 Å². The van der Waals surface area contributed by atoms with Gasteiger partial charge in [-0.15, -0.1) is 0 Å². The zero-order valence-electron chi connectivity index (χ0n) is 22.5.